The van der Waals surface area contributed by atoms with Gasteiger partial charge in [-0.05, 0) is 49.7 Å². The standard InChI is InChI=1S/C17H24BrNO2/c1-12-3-2-4-14(15(12)18)16(19)13-5-8-21-17(11-13)6-9-20-10-7-17/h2-4,13,16H,5-11,19H2,1H3. The molecule has 2 aliphatic rings. The molecule has 2 fully saturated rings. The highest BCUT2D eigenvalue weighted by Crippen LogP contribution is 2.42. The summed E-state index contributed by atoms with van der Waals surface area (Å²) in [6.45, 7) is 4.57. The molecule has 2 aliphatic heterocycles. The van der Waals surface area contributed by atoms with Crippen LogP contribution in [-0.4, -0.2) is 25.4 Å². The van der Waals surface area contributed by atoms with Crippen LogP contribution < -0.4 is 5.73 Å². The minimum absolute atomic E-state index is 0.00902. The molecule has 2 N–H and O–H groups in total. The highest BCUT2D eigenvalue weighted by molar-refractivity contribution is 9.10. The van der Waals surface area contributed by atoms with Crippen LogP contribution in [-0.2, 0) is 9.47 Å². The third-order valence-electron chi connectivity index (χ3n) is 5.02. The average molecular weight is 354 g/mol. The Morgan fingerprint density at radius 2 is 2.05 bits per heavy atom. The van der Waals surface area contributed by atoms with Gasteiger partial charge in [0.05, 0.1) is 5.60 Å². The van der Waals surface area contributed by atoms with E-state index in [4.69, 9.17) is 15.2 Å². The summed E-state index contributed by atoms with van der Waals surface area (Å²) in [5, 5.41) is 0. The van der Waals surface area contributed by atoms with Crippen molar-refractivity contribution in [3.05, 3.63) is 33.8 Å². The van der Waals surface area contributed by atoms with Gasteiger partial charge in [-0.25, -0.2) is 0 Å². The topological polar surface area (TPSA) is 44.5 Å². The number of hydrogen-bond donors (Lipinski definition) is 1. The highest BCUT2D eigenvalue weighted by Gasteiger charge is 2.41. The maximum atomic E-state index is 6.61. The van der Waals surface area contributed by atoms with Crippen molar-refractivity contribution >= 4 is 15.9 Å². The van der Waals surface area contributed by atoms with Gasteiger partial charge in [-0.3, -0.25) is 0 Å². The van der Waals surface area contributed by atoms with E-state index >= 15 is 0 Å². The van der Waals surface area contributed by atoms with E-state index < -0.39 is 0 Å². The number of aryl methyl sites for hydroxylation is 1. The molecular weight excluding hydrogens is 330 g/mol. The van der Waals surface area contributed by atoms with Crippen molar-refractivity contribution in [2.45, 2.75) is 44.2 Å². The maximum absolute atomic E-state index is 6.61. The van der Waals surface area contributed by atoms with Crippen LogP contribution in [0, 0.1) is 12.8 Å². The number of hydrogen-bond acceptors (Lipinski definition) is 3. The van der Waals surface area contributed by atoms with Crippen LogP contribution in [0.25, 0.3) is 0 Å². The molecule has 4 heteroatoms. The van der Waals surface area contributed by atoms with Gasteiger partial charge in [0.15, 0.2) is 0 Å². The first-order valence-electron chi connectivity index (χ1n) is 7.84. The van der Waals surface area contributed by atoms with Crippen molar-refractivity contribution in [2.24, 2.45) is 11.7 Å². The molecule has 2 saturated heterocycles. The van der Waals surface area contributed by atoms with E-state index in [0.717, 1.165) is 50.0 Å². The molecule has 1 aromatic carbocycles. The lowest BCUT2D eigenvalue weighted by atomic mass is 9.76. The SMILES string of the molecule is Cc1cccc(C(N)C2CCOC3(CCOCC3)C2)c1Br. The molecule has 0 amide bonds. The van der Waals surface area contributed by atoms with Gasteiger partial charge >= 0.3 is 0 Å². The summed E-state index contributed by atoms with van der Waals surface area (Å²) in [6, 6.07) is 6.43. The fourth-order valence-corrected chi connectivity index (χ4v) is 4.17. The summed E-state index contributed by atoms with van der Waals surface area (Å²) in [7, 11) is 0. The summed E-state index contributed by atoms with van der Waals surface area (Å²) in [4.78, 5) is 0. The smallest absolute Gasteiger partial charge is 0.0729 e. The Balaban J connectivity index is 1.78. The number of nitrogens with two attached hydrogens (primary N) is 1. The van der Waals surface area contributed by atoms with Gasteiger partial charge < -0.3 is 15.2 Å². The van der Waals surface area contributed by atoms with Crippen LogP contribution in [0.1, 0.15) is 42.9 Å². The second-order valence-corrected chi connectivity index (χ2v) is 7.19. The van der Waals surface area contributed by atoms with Crippen LogP contribution in [0.3, 0.4) is 0 Å². The van der Waals surface area contributed by atoms with E-state index in [0.29, 0.717) is 5.92 Å². The first-order valence-corrected chi connectivity index (χ1v) is 8.63. The van der Waals surface area contributed by atoms with Crippen molar-refractivity contribution in [3.63, 3.8) is 0 Å². The molecule has 2 atom stereocenters. The van der Waals surface area contributed by atoms with E-state index in [9.17, 15) is 0 Å². The Bertz CT molecular complexity index is 494. The van der Waals surface area contributed by atoms with Gasteiger partial charge in [0.2, 0.25) is 0 Å². The second-order valence-electron chi connectivity index (χ2n) is 6.40. The Hall–Kier alpha value is -0.420. The van der Waals surface area contributed by atoms with Gasteiger partial charge in [-0.1, -0.05) is 34.1 Å². The first-order chi connectivity index (χ1) is 10.1. The van der Waals surface area contributed by atoms with Gasteiger partial charge in [-0.2, -0.15) is 0 Å². The van der Waals surface area contributed by atoms with E-state index in [-0.39, 0.29) is 11.6 Å². The lowest BCUT2D eigenvalue weighted by molar-refractivity contribution is -0.149. The lowest BCUT2D eigenvalue weighted by Crippen LogP contribution is -2.46. The van der Waals surface area contributed by atoms with Crippen LogP contribution in [0.2, 0.25) is 0 Å². The zero-order chi connectivity index (χ0) is 14.9. The summed E-state index contributed by atoms with van der Waals surface area (Å²) in [5.41, 5.74) is 9.09. The van der Waals surface area contributed by atoms with Gasteiger partial charge in [0.1, 0.15) is 0 Å². The second kappa shape index (κ2) is 6.37. The molecule has 3 rings (SSSR count). The molecule has 1 spiro atoms. The van der Waals surface area contributed by atoms with Crippen molar-refractivity contribution < 1.29 is 9.47 Å². The molecule has 2 unspecified atom stereocenters. The lowest BCUT2D eigenvalue weighted by Gasteiger charge is -2.45. The molecule has 0 saturated carbocycles. The molecule has 116 valence electrons. The van der Waals surface area contributed by atoms with Crippen molar-refractivity contribution in [1.82, 2.24) is 0 Å². The molecule has 0 radical (unpaired) electrons. The quantitative estimate of drug-likeness (QED) is 0.880. The third-order valence-corrected chi connectivity index (χ3v) is 6.11. The molecule has 3 nitrogen and oxygen atoms in total. The fourth-order valence-electron chi connectivity index (χ4n) is 3.65. The minimum Gasteiger partial charge on any atom is -0.381 e. The van der Waals surface area contributed by atoms with E-state index in [1.54, 1.807) is 0 Å². The Morgan fingerprint density at radius 1 is 1.29 bits per heavy atom. The first kappa shape index (κ1) is 15.5. The van der Waals surface area contributed by atoms with Crippen molar-refractivity contribution in [2.75, 3.05) is 19.8 Å². The maximum Gasteiger partial charge on any atom is 0.0729 e. The zero-order valence-electron chi connectivity index (χ0n) is 12.6. The largest absolute Gasteiger partial charge is 0.381 e. The number of rotatable bonds is 2. The molecule has 21 heavy (non-hydrogen) atoms. The fraction of sp³-hybridized carbons (Fsp3) is 0.647. The Morgan fingerprint density at radius 3 is 2.81 bits per heavy atom. The molecule has 0 aromatic heterocycles. The summed E-state index contributed by atoms with van der Waals surface area (Å²) < 4.78 is 12.8. The zero-order valence-corrected chi connectivity index (χ0v) is 14.2. The normalized spacial score (nSPS) is 26.7. The number of ether oxygens (including phenoxy) is 2. The van der Waals surface area contributed by atoms with Crippen LogP contribution in [0.4, 0.5) is 0 Å². The van der Waals surface area contributed by atoms with E-state index in [1.807, 2.05) is 0 Å². The summed E-state index contributed by atoms with van der Waals surface area (Å²) in [6.07, 6.45) is 4.11. The monoisotopic (exact) mass is 353 g/mol. The summed E-state index contributed by atoms with van der Waals surface area (Å²) in [5.74, 6) is 0.481. The Kier molecular flexibility index (Phi) is 4.69. The molecule has 0 bridgehead atoms. The molecule has 0 aliphatic carbocycles. The number of benzene rings is 1. The minimum atomic E-state index is 0.00902. The van der Waals surface area contributed by atoms with E-state index in [2.05, 4.69) is 41.1 Å². The van der Waals surface area contributed by atoms with Gasteiger partial charge in [0.25, 0.3) is 0 Å². The molecule has 2 heterocycles. The predicted molar refractivity (Wildman–Crippen MR) is 87.3 cm³/mol. The Labute approximate surface area is 135 Å². The van der Waals surface area contributed by atoms with Crippen LogP contribution >= 0.6 is 15.9 Å². The molecule has 1 aromatic rings. The van der Waals surface area contributed by atoms with Crippen LogP contribution in [0.15, 0.2) is 22.7 Å². The van der Waals surface area contributed by atoms with Gasteiger partial charge in [-0.15, -0.1) is 0 Å². The van der Waals surface area contributed by atoms with Gasteiger partial charge in [0, 0.05) is 30.3 Å². The highest BCUT2D eigenvalue weighted by atomic mass is 79.9. The van der Waals surface area contributed by atoms with E-state index in [1.165, 1.54) is 11.1 Å². The van der Waals surface area contributed by atoms with Crippen LogP contribution in [0.5, 0.6) is 0 Å². The van der Waals surface area contributed by atoms with Crippen molar-refractivity contribution in [1.29, 1.82) is 0 Å². The average Bonchev–Trinajstić information content (AvgIpc) is 2.50. The molecular formula is C17H24BrNO2. The third kappa shape index (κ3) is 3.19. The number of halogens is 1. The predicted octanol–water partition coefficient (Wildman–Crippen LogP) is 3.73. The summed E-state index contributed by atoms with van der Waals surface area (Å²) >= 11 is 3.70. The van der Waals surface area contributed by atoms with Crippen molar-refractivity contribution in [3.8, 4) is 0 Å².